The van der Waals surface area contributed by atoms with Crippen molar-refractivity contribution in [2.45, 2.75) is 40.2 Å². The van der Waals surface area contributed by atoms with Crippen molar-refractivity contribution in [2.24, 2.45) is 0 Å². The molecule has 1 amide bonds. The summed E-state index contributed by atoms with van der Waals surface area (Å²) < 4.78 is 0. The first-order chi connectivity index (χ1) is 11.3. The number of hydrogen-bond donors (Lipinski definition) is 1. The third kappa shape index (κ3) is 4.42. The second-order valence-electron chi connectivity index (χ2n) is 6.63. The van der Waals surface area contributed by atoms with Crippen LogP contribution in [0.2, 0.25) is 0 Å². The summed E-state index contributed by atoms with van der Waals surface area (Å²) in [4.78, 5) is 29.8. The van der Waals surface area contributed by atoms with Gasteiger partial charge in [-0.2, -0.15) is 0 Å². The smallest absolute Gasteiger partial charge is 0.266 e. The highest BCUT2D eigenvalue weighted by Crippen LogP contribution is 2.26. The molecular weight excluding hydrogens is 322 g/mol. The maximum atomic E-state index is 13.1. The van der Waals surface area contributed by atoms with E-state index in [0.717, 1.165) is 33.5 Å². The van der Waals surface area contributed by atoms with Crippen LogP contribution < -0.4 is 0 Å². The Hall–Kier alpha value is -1.73. The molecule has 2 rings (SSSR count). The fraction of sp³-hybridized carbons (Fsp3) is 0.588. The van der Waals surface area contributed by atoms with Gasteiger partial charge < -0.3 is 14.8 Å². The summed E-state index contributed by atoms with van der Waals surface area (Å²) in [5.74, 6) is 0.375. The van der Waals surface area contributed by atoms with Crippen molar-refractivity contribution in [3.05, 3.63) is 33.3 Å². The first kappa shape index (κ1) is 18.6. The lowest BCUT2D eigenvalue weighted by molar-refractivity contribution is 0.0733. The minimum atomic E-state index is 0.0427. The van der Waals surface area contributed by atoms with Gasteiger partial charge in [0, 0.05) is 24.7 Å². The molecule has 7 heteroatoms. The molecule has 0 radical (unpaired) electrons. The SMILES string of the molecule is Cc1nc(C(C)C)sc1C(=O)N(CCN(C)C)Cc1nc[nH]c1C. The lowest BCUT2D eigenvalue weighted by Gasteiger charge is -2.23. The fourth-order valence-electron chi connectivity index (χ4n) is 2.31. The molecule has 6 nitrogen and oxygen atoms in total. The van der Waals surface area contributed by atoms with Crippen LogP contribution in [0, 0.1) is 13.8 Å². The molecule has 0 aliphatic heterocycles. The third-order valence-electron chi connectivity index (χ3n) is 3.88. The number of likely N-dealkylation sites (N-methyl/N-ethyl adjacent to an activating group) is 1. The number of imidazole rings is 1. The molecular formula is C17H27N5OS. The molecule has 2 aromatic heterocycles. The van der Waals surface area contributed by atoms with E-state index in [1.54, 1.807) is 6.33 Å². The summed E-state index contributed by atoms with van der Waals surface area (Å²) in [5.41, 5.74) is 2.73. The van der Waals surface area contributed by atoms with Gasteiger partial charge >= 0.3 is 0 Å². The second kappa shape index (κ2) is 7.90. The van der Waals surface area contributed by atoms with Crippen LogP contribution in [0.3, 0.4) is 0 Å². The first-order valence-corrected chi connectivity index (χ1v) is 9.01. The Kier molecular flexibility index (Phi) is 6.12. The minimum absolute atomic E-state index is 0.0427. The topological polar surface area (TPSA) is 65.1 Å². The van der Waals surface area contributed by atoms with Crippen LogP contribution in [-0.4, -0.2) is 57.8 Å². The van der Waals surface area contributed by atoms with Crippen molar-refractivity contribution >= 4 is 17.2 Å². The molecule has 0 aliphatic carbocycles. The summed E-state index contributed by atoms with van der Waals surface area (Å²) in [6.07, 6.45) is 1.67. The lowest BCUT2D eigenvalue weighted by Crippen LogP contribution is -2.36. The number of amides is 1. The first-order valence-electron chi connectivity index (χ1n) is 8.19. The number of aromatic amines is 1. The lowest BCUT2D eigenvalue weighted by atomic mass is 10.2. The number of nitrogens with one attached hydrogen (secondary N) is 1. The average Bonchev–Trinajstić information content (AvgIpc) is 3.09. The number of rotatable bonds is 7. The summed E-state index contributed by atoms with van der Waals surface area (Å²) in [6, 6.07) is 0. The van der Waals surface area contributed by atoms with Crippen LogP contribution in [-0.2, 0) is 6.54 Å². The van der Waals surface area contributed by atoms with E-state index < -0.39 is 0 Å². The zero-order chi connectivity index (χ0) is 17.9. The van der Waals surface area contributed by atoms with Crippen molar-refractivity contribution in [1.82, 2.24) is 24.8 Å². The predicted octanol–water partition coefficient (Wildman–Crippen LogP) is 2.81. The highest BCUT2D eigenvalue weighted by atomic mass is 32.1. The molecule has 0 unspecified atom stereocenters. The van der Waals surface area contributed by atoms with Crippen molar-refractivity contribution in [3.63, 3.8) is 0 Å². The molecule has 0 saturated carbocycles. The number of thiazole rings is 1. The summed E-state index contributed by atoms with van der Waals surface area (Å²) >= 11 is 1.51. The second-order valence-corrected chi connectivity index (χ2v) is 7.66. The highest BCUT2D eigenvalue weighted by Gasteiger charge is 2.23. The molecule has 0 aliphatic rings. The van der Waals surface area contributed by atoms with E-state index in [2.05, 4.69) is 33.7 Å². The van der Waals surface area contributed by atoms with Crippen molar-refractivity contribution < 1.29 is 4.79 Å². The van der Waals surface area contributed by atoms with Crippen LogP contribution in [0.15, 0.2) is 6.33 Å². The van der Waals surface area contributed by atoms with Gasteiger partial charge in [0.05, 0.1) is 29.3 Å². The van der Waals surface area contributed by atoms with Gasteiger partial charge in [-0.05, 0) is 27.9 Å². The normalized spacial score (nSPS) is 11.5. The number of aromatic nitrogens is 3. The maximum absolute atomic E-state index is 13.1. The van der Waals surface area contributed by atoms with E-state index in [9.17, 15) is 4.79 Å². The van der Waals surface area contributed by atoms with Gasteiger partial charge in [-0.25, -0.2) is 9.97 Å². The number of aryl methyl sites for hydroxylation is 2. The number of H-pyrrole nitrogens is 1. The Morgan fingerprint density at radius 1 is 1.29 bits per heavy atom. The summed E-state index contributed by atoms with van der Waals surface area (Å²) in [7, 11) is 4.02. The Bertz CT molecular complexity index is 689. The van der Waals surface area contributed by atoms with E-state index in [0.29, 0.717) is 19.0 Å². The molecule has 24 heavy (non-hydrogen) atoms. The van der Waals surface area contributed by atoms with E-state index in [-0.39, 0.29) is 5.91 Å². The largest absolute Gasteiger partial charge is 0.348 e. The van der Waals surface area contributed by atoms with Gasteiger partial charge in [-0.3, -0.25) is 4.79 Å². The van der Waals surface area contributed by atoms with E-state index in [1.165, 1.54) is 11.3 Å². The molecule has 0 bridgehead atoms. The molecule has 0 spiro atoms. The maximum Gasteiger partial charge on any atom is 0.266 e. The Morgan fingerprint density at radius 3 is 2.50 bits per heavy atom. The third-order valence-corrected chi connectivity index (χ3v) is 5.33. The monoisotopic (exact) mass is 349 g/mol. The van der Waals surface area contributed by atoms with Crippen LogP contribution in [0.4, 0.5) is 0 Å². The molecule has 2 heterocycles. The molecule has 0 aromatic carbocycles. The van der Waals surface area contributed by atoms with E-state index in [4.69, 9.17) is 0 Å². The highest BCUT2D eigenvalue weighted by molar-refractivity contribution is 7.13. The molecule has 132 valence electrons. The van der Waals surface area contributed by atoms with Crippen LogP contribution in [0.25, 0.3) is 0 Å². The quantitative estimate of drug-likeness (QED) is 0.835. The summed E-state index contributed by atoms with van der Waals surface area (Å²) in [6.45, 7) is 10.1. The van der Waals surface area contributed by atoms with Crippen LogP contribution in [0.5, 0.6) is 0 Å². The van der Waals surface area contributed by atoms with Crippen molar-refractivity contribution in [3.8, 4) is 0 Å². The van der Waals surface area contributed by atoms with Gasteiger partial charge in [0.15, 0.2) is 0 Å². The Labute approximate surface area is 147 Å². The molecule has 2 aromatic rings. The van der Waals surface area contributed by atoms with Gasteiger partial charge in [-0.15, -0.1) is 11.3 Å². The molecule has 0 atom stereocenters. The van der Waals surface area contributed by atoms with E-state index in [1.807, 2.05) is 32.8 Å². The standard InChI is InChI=1S/C17H27N5OS/c1-11(2)16-20-13(4)15(24-16)17(23)22(8-7-21(5)6)9-14-12(3)18-10-19-14/h10-11H,7-9H2,1-6H3,(H,18,19). The van der Waals surface area contributed by atoms with Gasteiger partial charge in [0.25, 0.3) is 5.91 Å². The average molecular weight is 350 g/mol. The van der Waals surface area contributed by atoms with E-state index >= 15 is 0 Å². The van der Waals surface area contributed by atoms with Crippen LogP contribution in [0.1, 0.15) is 51.5 Å². The van der Waals surface area contributed by atoms with Gasteiger partial charge in [-0.1, -0.05) is 13.8 Å². The molecule has 1 N–H and O–H groups in total. The fourth-order valence-corrected chi connectivity index (χ4v) is 3.34. The number of carbonyl (C=O) groups excluding carboxylic acids is 1. The van der Waals surface area contributed by atoms with Gasteiger partial charge in [0.1, 0.15) is 4.88 Å². The van der Waals surface area contributed by atoms with Gasteiger partial charge in [0.2, 0.25) is 0 Å². The number of nitrogens with zero attached hydrogens (tertiary/aromatic N) is 4. The van der Waals surface area contributed by atoms with Crippen molar-refractivity contribution in [2.75, 3.05) is 27.2 Å². The molecule has 0 fully saturated rings. The van der Waals surface area contributed by atoms with Crippen molar-refractivity contribution in [1.29, 1.82) is 0 Å². The minimum Gasteiger partial charge on any atom is -0.348 e. The Balaban J connectivity index is 2.24. The number of carbonyl (C=O) groups is 1. The molecule has 0 saturated heterocycles. The zero-order valence-electron chi connectivity index (χ0n) is 15.4. The number of hydrogen-bond acceptors (Lipinski definition) is 5. The zero-order valence-corrected chi connectivity index (χ0v) is 16.2. The van der Waals surface area contributed by atoms with Crippen LogP contribution >= 0.6 is 11.3 Å². The summed E-state index contributed by atoms with van der Waals surface area (Å²) in [5, 5.41) is 1.01. The predicted molar refractivity (Wildman–Crippen MR) is 97.6 cm³/mol. The Morgan fingerprint density at radius 2 is 2.00 bits per heavy atom.